The van der Waals surface area contributed by atoms with E-state index in [1.807, 2.05) is 12.1 Å². The number of anilines is 1. The number of rotatable bonds is 5. The highest BCUT2D eigenvalue weighted by molar-refractivity contribution is 9.10. The molecule has 0 radical (unpaired) electrons. The molecule has 1 fully saturated rings. The molecule has 5 nitrogen and oxygen atoms in total. The van der Waals surface area contributed by atoms with E-state index < -0.39 is 5.91 Å². The van der Waals surface area contributed by atoms with Crippen LogP contribution in [-0.4, -0.2) is 29.8 Å². The topological polar surface area (TPSA) is 75.4 Å². The van der Waals surface area contributed by atoms with Crippen molar-refractivity contribution in [1.82, 2.24) is 4.90 Å². The van der Waals surface area contributed by atoms with Gasteiger partial charge in [-0.1, -0.05) is 40.2 Å². The first kappa shape index (κ1) is 18.6. The van der Waals surface area contributed by atoms with Crippen LogP contribution in [0.5, 0.6) is 0 Å². The summed E-state index contributed by atoms with van der Waals surface area (Å²) in [6.07, 6.45) is 1.83. The molecule has 1 saturated heterocycles. The fourth-order valence-corrected chi connectivity index (χ4v) is 3.57. The summed E-state index contributed by atoms with van der Waals surface area (Å²) in [5.74, 6) is -0.694. The zero-order valence-corrected chi connectivity index (χ0v) is 16.0. The average Bonchev–Trinajstić information content (AvgIpc) is 2.64. The monoisotopic (exact) mass is 415 g/mol. The van der Waals surface area contributed by atoms with E-state index in [0.717, 1.165) is 30.4 Å². The van der Waals surface area contributed by atoms with Crippen LogP contribution >= 0.6 is 15.9 Å². The van der Waals surface area contributed by atoms with E-state index >= 15 is 0 Å². The Morgan fingerprint density at radius 2 is 1.88 bits per heavy atom. The van der Waals surface area contributed by atoms with Crippen LogP contribution < -0.4 is 11.1 Å². The highest BCUT2D eigenvalue weighted by Gasteiger charge is 2.26. The minimum absolute atomic E-state index is 0.0563. The molecule has 26 heavy (non-hydrogen) atoms. The number of primary amides is 1. The Morgan fingerprint density at radius 3 is 2.62 bits per heavy atom. The number of carbonyl (C=O) groups excluding carboxylic acids is 2. The van der Waals surface area contributed by atoms with Gasteiger partial charge in [-0.25, -0.2) is 0 Å². The maximum atomic E-state index is 12.7. The zero-order chi connectivity index (χ0) is 18.5. The molecule has 0 saturated carbocycles. The van der Waals surface area contributed by atoms with Crippen molar-refractivity contribution in [2.24, 2.45) is 11.7 Å². The first-order valence-corrected chi connectivity index (χ1v) is 9.49. The number of hydrogen-bond acceptors (Lipinski definition) is 3. The summed E-state index contributed by atoms with van der Waals surface area (Å²) in [7, 11) is 0. The van der Waals surface area contributed by atoms with E-state index in [1.54, 1.807) is 24.3 Å². The summed E-state index contributed by atoms with van der Waals surface area (Å²) in [6, 6.07) is 15.1. The lowest BCUT2D eigenvalue weighted by Gasteiger charge is -2.32. The highest BCUT2D eigenvalue weighted by atomic mass is 79.9. The van der Waals surface area contributed by atoms with Crippen molar-refractivity contribution in [3.8, 4) is 0 Å². The van der Waals surface area contributed by atoms with Gasteiger partial charge in [-0.05, 0) is 49.2 Å². The number of likely N-dealkylation sites (tertiary alicyclic amines) is 1. The van der Waals surface area contributed by atoms with Crippen molar-refractivity contribution in [3.05, 3.63) is 64.1 Å². The fourth-order valence-electron chi connectivity index (χ4n) is 3.30. The van der Waals surface area contributed by atoms with Gasteiger partial charge >= 0.3 is 0 Å². The van der Waals surface area contributed by atoms with Crippen LogP contribution in [0.25, 0.3) is 0 Å². The summed E-state index contributed by atoms with van der Waals surface area (Å²) in [5.41, 5.74) is 7.43. The number of hydrogen-bond donors (Lipinski definition) is 2. The Morgan fingerprint density at radius 1 is 1.15 bits per heavy atom. The summed E-state index contributed by atoms with van der Waals surface area (Å²) in [6.45, 7) is 2.52. The fraction of sp³-hybridized carbons (Fsp3) is 0.300. The number of nitrogens with one attached hydrogen (secondary N) is 1. The quantitative estimate of drug-likeness (QED) is 0.785. The summed E-state index contributed by atoms with van der Waals surface area (Å²) < 4.78 is 1.06. The van der Waals surface area contributed by atoms with Crippen molar-refractivity contribution in [1.29, 1.82) is 0 Å². The van der Waals surface area contributed by atoms with Crippen LogP contribution in [0, 0.1) is 5.92 Å². The Bertz CT molecular complexity index is 792. The number of piperidine rings is 1. The van der Waals surface area contributed by atoms with E-state index in [-0.39, 0.29) is 11.8 Å². The van der Waals surface area contributed by atoms with Gasteiger partial charge in [0, 0.05) is 17.6 Å². The molecule has 0 spiro atoms. The van der Waals surface area contributed by atoms with Crippen LogP contribution in [-0.2, 0) is 11.3 Å². The second kappa shape index (κ2) is 8.47. The molecule has 1 heterocycles. The number of para-hydroxylation sites is 1. The molecule has 3 N–H and O–H groups in total. The van der Waals surface area contributed by atoms with E-state index in [0.29, 0.717) is 17.8 Å². The molecule has 0 bridgehead atoms. The van der Waals surface area contributed by atoms with Gasteiger partial charge in [0.15, 0.2) is 0 Å². The van der Waals surface area contributed by atoms with Crippen LogP contribution in [0.4, 0.5) is 5.69 Å². The van der Waals surface area contributed by atoms with Crippen molar-refractivity contribution < 1.29 is 9.59 Å². The second-order valence-corrected chi connectivity index (χ2v) is 7.52. The Kier molecular flexibility index (Phi) is 6.06. The van der Waals surface area contributed by atoms with Gasteiger partial charge < -0.3 is 11.1 Å². The third-order valence-corrected chi connectivity index (χ3v) is 5.17. The maximum Gasteiger partial charge on any atom is 0.250 e. The van der Waals surface area contributed by atoms with Crippen LogP contribution in [0.2, 0.25) is 0 Å². The first-order chi connectivity index (χ1) is 12.5. The molecule has 2 aromatic carbocycles. The standard InChI is InChI=1S/C20H22BrN3O2/c21-16-9-7-14(8-10-16)12-24-11-3-4-15(13-24)20(26)23-18-6-2-1-5-17(18)19(22)25/h1-2,5-10,15H,3-4,11-13H2,(H2,22,25)(H,23,26). The highest BCUT2D eigenvalue weighted by Crippen LogP contribution is 2.22. The minimum atomic E-state index is -0.540. The number of halogens is 1. The molecule has 1 aliphatic heterocycles. The van der Waals surface area contributed by atoms with Gasteiger partial charge in [0.1, 0.15) is 0 Å². The largest absolute Gasteiger partial charge is 0.366 e. The molecule has 3 rings (SSSR count). The van der Waals surface area contributed by atoms with Gasteiger partial charge in [-0.2, -0.15) is 0 Å². The maximum absolute atomic E-state index is 12.7. The lowest BCUT2D eigenvalue weighted by atomic mass is 9.96. The van der Waals surface area contributed by atoms with Crippen molar-refractivity contribution in [2.75, 3.05) is 18.4 Å². The number of nitrogens with zero attached hydrogens (tertiary/aromatic N) is 1. The van der Waals surface area contributed by atoms with Crippen molar-refractivity contribution >= 4 is 33.4 Å². The molecule has 0 aliphatic carbocycles. The number of nitrogens with two attached hydrogens (primary N) is 1. The molecule has 6 heteroatoms. The van der Waals surface area contributed by atoms with E-state index in [4.69, 9.17) is 5.73 Å². The predicted octanol–water partition coefficient (Wildman–Crippen LogP) is 3.40. The molecular formula is C20H22BrN3O2. The van der Waals surface area contributed by atoms with Crippen LogP contribution in [0.3, 0.4) is 0 Å². The van der Waals surface area contributed by atoms with E-state index in [1.165, 1.54) is 5.56 Å². The smallest absolute Gasteiger partial charge is 0.250 e. The van der Waals surface area contributed by atoms with Gasteiger partial charge in [0.2, 0.25) is 5.91 Å². The Labute approximate surface area is 161 Å². The van der Waals surface area contributed by atoms with Gasteiger partial charge in [-0.3, -0.25) is 14.5 Å². The van der Waals surface area contributed by atoms with Gasteiger partial charge in [0.25, 0.3) is 5.91 Å². The minimum Gasteiger partial charge on any atom is -0.366 e. The molecule has 0 aromatic heterocycles. The van der Waals surface area contributed by atoms with Crippen molar-refractivity contribution in [3.63, 3.8) is 0 Å². The molecule has 2 amide bonds. The predicted molar refractivity (Wildman–Crippen MR) is 106 cm³/mol. The second-order valence-electron chi connectivity index (χ2n) is 6.60. The van der Waals surface area contributed by atoms with E-state index in [2.05, 4.69) is 38.3 Å². The lowest BCUT2D eigenvalue weighted by molar-refractivity contribution is -0.121. The van der Waals surface area contributed by atoms with Crippen LogP contribution in [0.15, 0.2) is 53.0 Å². The van der Waals surface area contributed by atoms with E-state index in [9.17, 15) is 9.59 Å². The van der Waals surface area contributed by atoms with Crippen LogP contribution in [0.1, 0.15) is 28.8 Å². The number of carbonyl (C=O) groups is 2. The molecule has 1 aliphatic rings. The lowest BCUT2D eigenvalue weighted by Crippen LogP contribution is -2.40. The number of amides is 2. The summed E-state index contributed by atoms with van der Waals surface area (Å²) in [4.78, 5) is 26.5. The van der Waals surface area contributed by atoms with Crippen molar-refractivity contribution in [2.45, 2.75) is 19.4 Å². The molecular weight excluding hydrogens is 394 g/mol. The SMILES string of the molecule is NC(=O)c1ccccc1NC(=O)C1CCCN(Cc2ccc(Br)cc2)C1. The average molecular weight is 416 g/mol. The Balaban J connectivity index is 1.63. The first-order valence-electron chi connectivity index (χ1n) is 8.69. The normalized spacial score (nSPS) is 17.7. The number of benzene rings is 2. The summed E-state index contributed by atoms with van der Waals surface area (Å²) >= 11 is 3.45. The van der Waals surface area contributed by atoms with Gasteiger partial charge in [-0.15, -0.1) is 0 Å². The van der Waals surface area contributed by atoms with Gasteiger partial charge in [0.05, 0.1) is 17.2 Å². The third-order valence-electron chi connectivity index (χ3n) is 4.65. The third kappa shape index (κ3) is 4.71. The molecule has 1 atom stereocenters. The molecule has 136 valence electrons. The molecule has 1 unspecified atom stereocenters. The Hall–Kier alpha value is -2.18. The molecule has 2 aromatic rings. The summed E-state index contributed by atoms with van der Waals surface area (Å²) in [5, 5.41) is 2.88. The zero-order valence-electron chi connectivity index (χ0n) is 14.5.